The van der Waals surface area contributed by atoms with Crippen molar-refractivity contribution in [2.45, 2.75) is 51.5 Å². The monoisotopic (exact) mass is 399 g/mol. The predicted molar refractivity (Wildman–Crippen MR) is 95.7 cm³/mol. The highest BCUT2D eigenvalue weighted by molar-refractivity contribution is 7.90. The summed E-state index contributed by atoms with van der Waals surface area (Å²) in [6.07, 6.45) is 1.70. The Hall–Kier alpha value is -2.01. The molecule has 3 rings (SSSR count). The summed E-state index contributed by atoms with van der Waals surface area (Å²) in [4.78, 5) is 26.3. The first-order chi connectivity index (χ1) is 12.6. The van der Waals surface area contributed by atoms with Crippen LogP contribution in [0.4, 0.5) is 0 Å². The molecule has 1 N–H and O–H groups in total. The zero-order valence-electron chi connectivity index (χ0n) is 15.8. The van der Waals surface area contributed by atoms with Crippen molar-refractivity contribution in [3.8, 4) is 0 Å². The van der Waals surface area contributed by atoms with Gasteiger partial charge in [0.15, 0.2) is 5.82 Å². The second kappa shape index (κ2) is 7.19. The lowest BCUT2D eigenvalue weighted by Gasteiger charge is -2.34. The largest absolute Gasteiger partial charge is 0.363 e. The van der Waals surface area contributed by atoms with Crippen LogP contribution in [0.1, 0.15) is 43.1 Å². The molecule has 10 nitrogen and oxygen atoms in total. The van der Waals surface area contributed by atoms with E-state index in [9.17, 15) is 18.0 Å². The molecule has 1 aromatic heterocycles. The molecule has 0 aromatic carbocycles. The lowest BCUT2D eigenvalue weighted by atomic mass is 10.0. The lowest BCUT2D eigenvalue weighted by molar-refractivity contribution is -0.132. The van der Waals surface area contributed by atoms with E-state index in [4.69, 9.17) is 4.74 Å². The van der Waals surface area contributed by atoms with Crippen molar-refractivity contribution in [1.29, 1.82) is 0 Å². The topological polar surface area (TPSA) is 123 Å². The highest BCUT2D eigenvalue weighted by atomic mass is 32.2. The van der Waals surface area contributed by atoms with Crippen molar-refractivity contribution in [2.24, 2.45) is 0 Å². The molecule has 3 heterocycles. The number of aromatic nitrogens is 3. The number of amides is 2. The lowest BCUT2D eigenvalue weighted by Crippen LogP contribution is -2.46. The van der Waals surface area contributed by atoms with E-state index in [1.54, 1.807) is 9.47 Å². The van der Waals surface area contributed by atoms with Gasteiger partial charge in [0.2, 0.25) is 11.7 Å². The fraction of sp³-hybridized carbons (Fsp3) is 0.750. The molecule has 2 amide bonds. The molecule has 1 fully saturated rings. The minimum absolute atomic E-state index is 0.0197. The molecule has 1 aromatic rings. The van der Waals surface area contributed by atoms with Gasteiger partial charge in [-0.05, 0) is 20.3 Å². The van der Waals surface area contributed by atoms with Gasteiger partial charge in [-0.3, -0.25) is 9.59 Å². The number of nitrogens with one attached hydrogen (secondary N) is 1. The van der Waals surface area contributed by atoms with Gasteiger partial charge < -0.3 is 19.5 Å². The van der Waals surface area contributed by atoms with E-state index in [-0.39, 0.29) is 42.5 Å². The van der Waals surface area contributed by atoms with Crippen LogP contribution >= 0.6 is 0 Å². The molecule has 0 aliphatic carbocycles. The van der Waals surface area contributed by atoms with E-state index >= 15 is 0 Å². The Labute approximate surface area is 158 Å². The molecule has 0 bridgehead atoms. The van der Waals surface area contributed by atoms with Crippen LogP contribution in [-0.4, -0.2) is 76.6 Å². The fourth-order valence-corrected chi connectivity index (χ4v) is 3.94. The van der Waals surface area contributed by atoms with Gasteiger partial charge >= 0.3 is 0 Å². The maximum Gasteiger partial charge on any atom is 0.289 e. The zero-order valence-corrected chi connectivity index (χ0v) is 16.6. The summed E-state index contributed by atoms with van der Waals surface area (Å²) < 4.78 is 30.3. The van der Waals surface area contributed by atoms with Crippen molar-refractivity contribution in [3.63, 3.8) is 0 Å². The smallest absolute Gasteiger partial charge is 0.289 e. The SMILES string of the molecule is CC(C)NC(=O)c1nnc2n1CC1(CCN(C(=O)CCS(C)(=O)=O)C1)OC2. The van der Waals surface area contributed by atoms with Crippen LogP contribution in [0.2, 0.25) is 0 Å². The second-order valence-corrected chi connectivity index (χ2v) is 9.83. The van der Waals surface area contributed by atoms with Crippen molar-refractivity contribution in [1.82, 2.24) is 25.0 Å². The Morgan fingerprint density at radius 3 is 2.70 bits per heavy atom. The molecule has 0 radical (unpaired) electrons. The number of ether oxygens (including phenoxy) is 1. The summed E-state index contributed by atoms with van der Waals surface area (Å²) in [7, 11) is -3.18. The molecule has 11 heteroatoms. The highest BCUT2D eigenvalue weighted by Crippen LogP contribution is 2.32. The van der Waals surface area contributed by atoms with Gasteiger partial charge in [-0.15, -0.1) is 10.2 Å². The summed E-state index contributed by atoms with van der Waals surface area (Å²) in [5, 5.41) is 10.8. The predicted octanol–water partition coefficient (Wildman–Crippen LogP) is -0.648. The Morgan fingerprint density at radius 1 is 1.30 bits per heavy atom. The number of carbonyl (C=O) groups excluding carboxylic acids is 2. The van der Waals surface area contributed by atoms with Gasteiger partial charge in [-0.1, -0.05) is 0 Å². The molecule has 1 unspecified atom stereocenters. The second-order valence-electron chi connectivity index (χ2n) is 7.57. The van der Waals surface area contributed by atoms with Crippen molar-refractivity contribution in [3.05, 3.63) is 11.6 Å². The third-order valence-electron chi connectivity index (χ3n) is 4.76. The quantitative estimate of drug-likeness (QED) is 0.698. The van der Waals surface area contributed by atoms with E-state index in [0.717, 1.165) is 6.26 Å². The number of rotatable bonds is 5. The number of carbonyl (C=O) groups is 2. The fourth-order valence-electron chi connectivity index (χ4n) is 3.39. The van der Waals surface area contributed by atoms with Gasteiger partial charge in [-0.25, -0.2) is 8.42 Å². The number of nitrogens with zero attached hydrogens (tertiary/aromatic N) is 4. The zero-order chi connectivity index (χ0) is 19.8. The number of sulfone groups is 1. The molecule has 150 valence electrons. The Morgan fingerprint density at radius 2 is 2.04 bits per heavy atom. The average molecular weight is 399 g/mol. The van der Waals surface area contributed by atoms with Crippen LogP contribution in [0, 0.1) is 0 Å². The number of hydrogen-bond donors (Lipinski definition) is 1. The van der Waals surface area contributed by atoms with Crippen LogP contribution < -0.4 is 5.32 Å². The van der Waals surface area contributed by atoms with Gasteiger partial charge in [-0.2, -0.15) is 0 Å². The van der Waals surface area contributed by atoms with E-state index in [1.807, 2.05) is 13.8 Å². The minimum Gasteiger partial charge on any atom is -0.363 e. The first-order valence-corrected chi connectivity index (χ1v) is 11.0. The summed E-state index contributed by atoms with van der Waals surface area (Å²) >= 11 is 0. The standard InChI is InChI=1S/C16H25N5O5S/c1-11(2)17-15(23)14-19-18-12-8-26-16(10-21(12)14)5-6-20(9-16)13(22)4-7-27(3,24)25/h11H,4-10H2,1-3H3,(H,17,23). The number of likely N-dealkylation sites (tertiary alicyclic amines) is 1. The summed E-state index contributed by atoms with van der Waals surface area (Å²) in [5.74, 6) is 0.165. The van der Waals surface area contributed by atoms with Gasteiger partial charge in [0, 0.05) is 25.3 Å². The third kappa shape index (κ3) is 4.46. The molecule has 0 saturated carbocycles. The van der Waals surface area contributed by atoms with Crippen molar-refractivity contribution < 1.29 is 22.7 Å². The minimum atomic E-state index is -3.18. The summed E-state index contributed by atoms with van der Waals surface area (Å²) in [6.45, 7) is 5.19. The molecular formula is C16H25N5O5S. The Balaban J connectivity index is 1.69. The van der Waals surface area contributed by atoms with Crippen LogP contribution in [0.15, 0.2) is 0 Å². The van der Waals surface area contributed by atoms with E-state index in [2.05, 4.69) is 15.5 Å². The molecule has 2 aliphatic rings. The Bertz CT molecular complexity index is 849. The van der Waals surface area contributed by atoms with Gasteiger partial charge in [0.1, 0.15) is 22.0 Å². The molecular weight excluding hydrogens is 374 g/mol. The third-order valence-corrected chi connectivity index (χ3v) is 5.71. The van der Waals surface area contributed by atoms with Crippen LogP contribution in [0.3, 0.4) is 0 Å². The molecule has 1 saturated heterocycles. The first kappa shape index (κ1) is 19.7. The molecule has 27 heavy (non-hydrogen) atoms. The number of fused-ring (bicyclic) bond motifs is 1. The van der Waals surface area contributed by atoms with Gasteiger partial charge in [0.05, 0.1) is 18.8 Å². The average Bonchev–Trinajstić information content (AvgIpc) is 3.16. The maximum absolute atomic E-state index is 12.3. The normalized spacial score (nSPS) is 22.3. The molecule has 1 spiro atoms. The van der Waals surface area contributed by atoms with E-state index in [1.165, 1.54) is 0 Å². The molecule has 2 aliphatic heterocycles. The van der Waals surface area contributed by atoms with Crippen LogP contribution in [-0.2, 0) is 32.5 Å². The van der Waals surface area contributed by atoms with Crippen LogP contribution in [0.25, 0.3) is 0 Å². The highest BCUT2D eigenvalue weighted by Gasteiger charge is 2.45. The summed E-state index contributed by atoms with van der Waals surface area (Å²) in [5.41, 5.74) is -0.608. The van der Waals surface area contributed by atoms with E-state index < -0.39 is 15.4 Å². The first-order valence-electron chi connectivity index (χ1n) is 8.91. The van der Waals surface area contributed by atoms with Gasteiger partial charge in [0.25, 0.3) is 5.91 Å². The van der Waals surface area contributed by atoms with E-state index in [0.29, 0.717) is 31.9 Å². The molecule has 1 atom stereocenters. The number of hydrogen-bond acceptors (Lipinski definition) is 7. The van der Waals surface area contributed by atoms with Crippen LogP contribution in [0.5, 0.6) is 0 Å². The summed E-state index contributed by atoms with van der Waals surface area (Å²) in [6, 6.07) is -0.0197. The Kier molecular flexibility index (Phi) is 5.26. The maximum atomic E-state index is 12.3. The van der Waals surface area contributed by atoms with Crippen molar-refractivity contribution >= 4 is 21.7 Å². The van der Waals surface area contributed by atoms with Crippen molar-refractivity contribution in [2.75, 3.05) is 25.1 Å².